The number of rotatable bonds is 15. The smallest absolute Gasteiger partial charge is 0.0541 e. The van der Waals surface area contributed by atoms with Gasteiger partial charge in [0, 0.05) is 98.4 Å². The first-order chi connectivity index (χ1) is 74.4. The summed E-state index contributed by atoms with van der Waals surface area (Å²) in [5, 5.41) is 15.0. The standard InChI is InChI=1S/3C48H32N2/c1-3-15-33(16-4-1)37-19-7-11-23-43(37)49-45-25-13-9-21-39(45)41-31-35(27-29-47(41)49)36-28-30-48-42(32-36)40-22-10-14-26-46(40)50(48)44-24-12-8-20-38(44)34-17-5-2-6-18-34;1-3-13-33(14-4-1)34-23-27-38(28-24-34)49-45-21-11-8-18-40(45)42-31-36(25-29-47(42)49)37-26-30-48-43(32-37)41-19-9-12-22-46(41)50(48)44-20-10-7-17-39(44)35-15-5-2-6-16-35;1-3-13-33(14-4-1)35-17-11-19-39(29-35)49-45-23-9-7-21-41(45)43-31-37(25-27-47(43)49)38-26-28-48-44(32-38)42-22-8-10-24-46(42)50(48)40-20-12-18-36(30-40)34-15-5-2-6-16-34/h3*1-32H. The zero-order chi connectivity index (χ0) is 99.1. The molecule has 30 aromatic rings. The molecule has 0 radical (unpaired) electrons. The monoisotopic (exact) mass is 1910 g/mol. The Bertz CT molecular complexity index is 10000. The highest BCUT2D eigenvalue weighted by Crippen LogP contribution is 2.47. The first kappa shape index (κ1) is 87.8. The fourth-order valence-corrected chi connectivity index (χ4v) is 23.5. The fraction of sp³-hybridized carbons (Fsp3) is 0. The predicted molar refractivity (Wildman–Crippen MR) is 634 cm³/mol. The van der Waals surface area contributed by atoms with Crippen LogP contribution in [0.4, 0.5) is 0 Å². The van der Waals surface area contributed by atoms with E-state index in [0.29, 0.717) is 0 Å². The number of para-hydroxylation sites is 9. The zero-order valence-corrected chi connectivity index (χ0v) is 82.1. The maximum absolute atomic E-state index is 2.43. The van der Waals surface area contributed by atoms with E-state index in [4.69, 9.17) is 0 Å². The summed E-state index contributed by atoms with van der Waals surface area (Å²) >= 11 is 0. The molecule has 0 atom stereocenters. The van der Waals surface area contributed by atoms with Crippen molar-refractivity contribution in [1.29, 1.82) is 0 Å². The van der Waals surface area contributed by atoms with Crippen LogP contribution in [0.5, 0.6) is 0 Å². The number of fused-ring (bicyclic) bond motifs is 18. The lowest BCUT2D eigenvalue weighted by Crippen LogP contribution is -1.97. The topological polar surface area (TPSA) is 29.6 Å². The van der Waals surface area contributed by atoms with Crippen molar-refractivity contribution in [2.45, 2.75) is 0 Å². The van der Waals surface area contributed by atoms with Gasteiger partial charge in [-0.05, 0) is 247 Å². The van der Waals surface area contributed by atoms with Crippen molar-refractivity contribution in [2.24, 2.45) is 0 Å². The van der Waals surface area contributed by atoms with E-state index in [9.17, 15) is 0 Å². The van der Waals surface area contributed by atoms with Gasteiger partial charge in [-0.3, -0.25) is 0 Å². The van der Waals surface area contributed by atoms with Crippen LogP contribution in [-0.4, -0.2) is 27.4 Å². The van der Waals surface area contributed by atoms with Gasteiger partial charge in [0.05, 0.1) is 83.3 Å². The molecule has 0 aliphatic heterocycles. The van der Waals surface area contributed by atoms with Crippen LogP contribution in [0, 0.1) is 0 Å². The Kier molecular flexibility index (Phi) is 21.9. The van der Waals surface area contributed by atoms with Crippen LogP contribution in [0.2, 0.25) is 0 Å². The van der Waals surface area contributed by atoms with E-state index in [1.54, 1.807) is 0 Å². The molecule has 0 N–H and O–H groups in total. The summed E-state index contributed by atoms with van der Waals surface area (Å²) in [5.41, 5.74) is 43.4. The van der Waals surface area contributed by atoms with Crippen molar-refractivity contribution in [3.05, 3.63) is 582 Å². The Hall–Kier alpha value is -19.9. The highest BCUT2D eigenvalue weighted by atomic mass is 15.0. The van der Waals surface area contributed by atoms with Crippen molar-refractivity contribution < 1.29 is 0 Å². The first-order valence-corrected chi connectivity index (χ1v) is 51.6. The van der Waals surface area contributed by atoms with Crippen LogP contribution in [0.15, 0.2) is 582 Å². The molecule has 0 aliphatic carbocycles. The van der Waals surface area contributed by atoms with Gasteiger partial charge in [0.25, 0.3) is 0 Å². The third-order valence-electron chi connectivity index (χ3n) is 30.4. The number of benzene rings is 24. The Balaban J connectivity index is 0.000000108. The van der Waals surface area contributed by atoms with Gasteiger partial charge in [-0.2, -0.15) is 0 Å². The van der Waals surface area contributed by atoms with E-state index >= 15 is 0 Å². The summed E-state index contributed by atoms with van der Waals surface area (Å²) in [7, 11) is 0. The average Bonchev–Trinajstić information content (AvgIpc) is 1.58. The third kappa shape index (κ3) is 15.4. The quantitative estimate of drug-likeness (QED) is 0.0979. The van der Waals surface area contributed by atoms with E-state index in [0.717, 1.165) is 17.1 Å². The largest absolute Gasteiger partial charge is 0.309 e. The van der Waals surface area contributed by atoms with Crippen LogP contribution in [0.1, 0.15) is 0 Å². The molecule has 24 aromatic carbocycles. The molecular weight excluding hydrogens is 1810 g/mol. The van der Waals surface area contributed by atoms with Crippen molar-refractivity contribution >= 4 is 131 Å². The van der Waals surface area contributed by atoms with Crippen LogP contribution in [0.25, 0.3) is 265 Å². The maximum atomic E-state index is 2.43. The second-order valence-electron chi connectivity index (χ2n) is 38.9. The SMILES string of the molecule is c1ccc(-c2ccc(-n3c4ccccc4c4cc(-c5ccc6c(c5)c5ccccc5n6-c5ccccc5-c5ccccc5)ccc43)cc2)cc1.c1ccc(-c2cccc(-n3c4ccccc4c4cc(-c5ccc6c(c5)c5ccccc5n6-c5cccc(-c6ccccc6)c5)ccc43)c2)cc1.c1ccc(-c2ccccc2-n2c3ccccc3c3cc(-c4ccc5c(c4)c4ccccc4n5-c4ccccc4-c4ccccc4)ccc32)cc1. The lowest BCUT2D eigenvalue weighted by molar-refractivity contribution is 1.18. The fourth-order valence-electron chi connectivity index (χ4n) is 23.5. The summed E-state index contributed by atoms with van der Waals surface area (Å²) < 4.78 is 14.5. The van der Waals surface area contributed by atoms with Gasteiger partial charge in [0.2, 0.25) is 0 Å². The molecule has 0 amide bonds. The minimum atomic E-state index is 1.16. The second kappa shape index (κ2) is 37.4. The van der Waals surface area contributed by atoms with Crippen LogP contribution in [-0.2, 0) is 0 Å². The molecule has 6 nitrogen and oxygen atoms in total. The van der Waals surface area contributed by atoms with Crippen LogP contribution >= 0.6 is 0 Å². The van der Waals surface area contributed by atoms with Gasteiger partial charge in [-0.15, -0.1) is 0 Å². The number of aromatic nitrogens is 6. The minimum Gasteiger partial charge on any atom is -0.309 e. The van der Waals surface area contributed by atoms with Gasteiger partial charge in [-0.1, -0.05) is 419 Å². The molecule has 30 rings (SSSR count). The molecule has 0 unspecified atom stereocenters. The number of hydrogen-bond donors (Lipinski definition) is 0. The predicted octanol–water partition coefficient (Wildman–Crippen LogP) is 38.6. The van der Waals surface area contributed by atoms with Gasteiger partial charge in [-0.25, -0.2) is 0 Å². The molecule has 0 saturated carbocycles. The summed E-state index contributed by atoms with van der Waals surface area (Å²) in [6, 6.07) is 211. The summed E-state index contributed by atoms with van der Waals surface area (Å²) in [6.07, 6.45) is 0. The molecule has 6 heterocycles. The maximum Gasteiger partial charge on any atom is 0.0541 e. The Labute approximate surface area is 868 Å². The molecule has 6 heteroatoms. The highest BCUT2D eigenvalue weighted by Gasteiger charge is 2.25. The number of hydrogen-bond acceptors (Lipinski definition) is 0. The van der Waals surface area contributed by atoms with Gasteiger partial charge in [0.15, 0.2) is 0 Å². The molecule has 150 heavy (non-hydrogen) atoms. The lowest BCUT2D eigenvalue weighted by atomic mass is 10.0. The zero-order valence-electron chi connectivity index (χ0n) is 82.1. The molecule has 0 aliphatic rings. The molecule has 0 spiro atoms. The Morgan fingerprint density at radius 3 is 0.527 bits per heavy atom. The number of nitrogens with zero attached hydrogens (tertiary/aromatic N) is 6. The van der Waals surface area contributed by atoms with Gasteiger partial charge >= 0.3 is 0 Å². The molecule has 702 valence electrons. The van der Waals surface area contributed by atoms with E-state index in [2.05, 4.69) is 610 Å². The molecule has 0 bridgehead atoms. The Morgan fingerprint density at radius 2 is 0.260 bits per heavy atom. The summed E-state index contributed by atoms with van der Waals surface area (Å²) in [5.74, 6) is 0. The third-order valence-corrected chi connectivity index (χ3v) is 30.4. The van der Waals surface area contributed by atoms with E-state index < -0.39 is 0 Å². The Morgan fingerprint density at radius 1 is 0.0867 bits per heavy atom. The molecule has 0 fully saturated rings. The average molecular weight is 1910 g/mol. The van der Waals surface area contributed by atoms with E-state index in [1.807, 2.05) is 0 Å². The van der Waals surface area contributed by atoms with Crippen LogP contribution in [0.3, 0.4) is 0 Å². The lowest BCUT2D eigenvalue weighted by Gasteiger charge is -2.14. The van der Waals surface area contributed by atoms with Crippen molar-refractivity contribution in [2.75, 3.05) is 0 Å². The molecular formula is C144H96N6. The van der Waals surface area contributed by atoms with Crippen molar-refractivity contribution in [3.8, 4) is 134 Å². The summed E-state index contributed by atoms with van der Waals surface area (Å²) in [6.45, 7) is 0. The first-order valence-electron chi connectivity index (χ1n) is 51.6. The normalized spacial score (nSPS) is 11.6. The highest BCUT2D eigenvalue weighted by molar-refractivity contribution is 6.18. The molecule has 0 saturated heterocycles. The minimum absolute atomic E-state index is 1.16. The van der Waals surface area contributed by atoms with Gasteiger partial charge in [0.1, 0.15) is 0 Å². The molecule has 6 aromatic heterocycles. The second-order valence-corrected chi connectivity index (χ2v) is 38.9. The van der Waals surface area contributed by atoms with Crippen molar-refractivity contribution in [3.63, 3.8) is 0 Å². The van der Waals surface area contributed by atoms with E-state index in [1.165, 1.54) is 248 Å². The summed E-state index contributed by atoms with van der Waals surface area (Å²) in [4.78, 5) is 0. The van der Waals surface area contributed by atoms with E-state index in [-0.39, 0.29) is 0 Å². The van der Waals surface area contributed by atoms with Gasteiger partial charge < -0.3 is 27.4 Å². The van der Waals surface area contributed by atoms with Crippen LogP contribution < -0.4 is 0 Å². The van der Waals surface area contributed by atoms with Crippen molar-refractivity contribution in [1.82, 2.24) is 27.4 Å².